The molecule has 0 aliphatic carbocycles. The molecule has 0 aromatic heterocycles. The first-order valence-corrected chi connectivity index (χ1v) is 11.9. The Morgan fingerprint density at radius 2 is 1.47 bits per heavy atom. The molecule has 0 radical (unpaired) electrons. The molecule has 2 rings (SSSR count). The Balaban J connectivity index is 0.000000656. The smallest absolute Gasteiger partial charge is 0.0247 e. The average Bonchev–Trinajstić information content (AvgIpc) is 2.76. The van der Waals surface area contributed by atoms with Crippen LogP contribution in [0.3, 0.4) is 0 Å². The average molecular weight is 405 g/mol. The van der Waals surface area contributed by atoms with Gasteiger partial charge < -0.3 is 0 Å². The summed E-state index contributed by atoms with van der Waals surface area (Å²) in [5, 5.41) is 0. The third-order valence-electron chi connectivity index (χ3n) is 5.87. The molecule has 164 valence electrons. The lowest BCUT2D eigenvalue weighted by atomic mass is 9.91. The van der Waals surface area contributed by atoms with Crippen LogP contribution in [-0.4, -0.2) is 0 Å². The summed E-state index contributed by atoms with van der Waals surface area (Å²) in [5.41, 5.74) is 6.82. The van der Waals surface area contributed by atoms with Crippen molar-refractivity contribution in [3.05, 3.63) is 82.9 Å². The van der Waals surface area contributed by atoms with Crippen molar-refractivity contribution >= 4 is 12.2 Å². The van der Waals surface area contributed by atoms with Crippen molar-refractivity contribution in [2.45, 2.75) is 80.1 Å². The van der Waals surface area contributed by atoms with Gasteiger partial charge in [0.25, 0.3) is 0 Å². The predicted molar refractivity (Wildman–Crippen MR) is 138 cm³/mol. The Kier molecular flexibility index (Phi) is 12.8. The van der Waals surface area contributed by atoms with Gasteiger partial charge in [0.15, 0.2) is 0 Å². The van der Waals surface area contributed by atoms with Crippen molar-refractivity contribution < 1.29 is 0 Å². The van der Waals surface area contributed by atoms with E-state index in [1.54, 1.807) is 0 Å². The fourth-order valence-electron chi connectivity index (χ4n) is 3.34. The summed E-state index contributed by atoms with van der Waals surface area (Å²) in [7, 11) is 0. The fourth-order valence-corrected chi connectivity index (χ4v) is 3.34. The van der Waals surface area contributed by atoms with Crippen LogP contribution in [0.15, 0.2) is 55.1 Å². The maximum Gasteiger partial charge on any atom is -0.0247 e. The topological polar surface area (TPSA) is 0 Å². The molecular weight excluding hydrogens is 360 g/mol. The first kappa shape index (κ1) is 26.0. The minimum atomic E-state index is 0.650. The van der Waals surface area contributed by atoms with Gasteiger partial charge in [-0.3, -0.25) is 0 Å². The number of aryl methyl sites for hydroxylation is 2. The molecule has 0 aliphatic rings. The van der Waals surface area contributed by atoms with Gasteiger partial charge in [0.05, 0.1) is 0 Å². The Morgan fingerprint density at radius 3 is 2.00 bits per heavy atom. The number of allylic oxidation sites excluding steroid dienone is 1. The van der Waals surface area contributed by atoms with E-state index in [4.69, 9.17) is 0 Å². The van der Waals surface area contributed by atoms with E-state index < -0.39 is 0 Å². The molecule has 1 unspecified atom stereocenters. The Labute approximate surface area is 187 Å². The van der Waals surface area contributed by atoms with Crippen LogP contribution in [0.5, 0.6) is 0 Å². The van der Waals surface area contributed by atoms with E-state index in [0.29, 0.717) is 5.92 Å². The summed E-state index contributed by atoms with van der Waals surface area (Å²) in [6.07, 6.45) is 13.8. The Bertz CT molecular complexity index is 744. The second-order valence-corrected chi connectivity index (χ2v) is 8.76. The molecule has 0 nitrogen and oxygen atoms in total. The van der Waals surface area contributed by atoms with Crippen molar-refractivity contribution in [2.24, 2.45) is 11.8 Å². The molecule has 0 spiro atoms. The highest BCUT2D eigenvalue weighted by atomic mass is 14.1. The monoisotopic (exact) mass is 404 g/mol. The SMILES string of the molecule is C=Cc1ccc(CC(C)C/C=C/c2ccc(C)cc2)c(CCC)c1.CCC(C)CC. The van der Waals surface area contributed by atoms with Gasteiger partial charge in [-0.1, -0.05) is 127 Å². The fraction of sp³-hybridized carbons (Fsp3) is 0.467. The van der Waals surface area contributed by atoms with Crippen LogP contribution in [0.25, 0.3) is 12.2 Å². The lowest BCUT2D eigenvalue weighted by Gasteiger charge is -2.14. The molecule has 30 heavy (non-hydrogen) atoms. The molecule has 1 atom stereocenters. The number of rotatable bonds is 10. The van der Waals surface area contributed by atoms with Crippen molar-refractivity contribution in [3.63, 3.8) is 0 Å². The maximum atomic E-state index is 3.89. The molecule has 0 heteroatoms. The van der Waals surface area contributed by atoms with Crippen LogP contribution >= 0.6 is 0 Å². The second-order valence-electron chi connectivity index (χ2n) is 8.76. The van der Waals surface area contributed by atoms with Gasteiger partial charge in [-0.2, -0.15) is 0 Å². The minimum absolute atomic E-state index is 0.650. The van der Waals surface area contributed by atoms with Gasteiger partial charge in [-0.05, 0) is 60.3 Å². The van der Waals surface area contributed by atoms with Crippen LogP contribution in [0, 0.1) is 18.8 Å². The summed E-state index contributed by atoms with van der Waals surface area (Å²) in [6.45, 7) is 17.3. The van der Waals surface area contributed by atoms with E-state index in [1.165, 1.54) is 47.1 Å². The van der Waals surface area contributed by atoms with Crippen LogP contribution in [0.4, 0.5) is 0 Å². The third kappa shape index (κ3) is 10.1. The Hall–Kier alpha value is -2.08. The zero-order chi connectivity index (χ0) is 22.4. The van der Waals surface area contributed by atoms with Gasteiger partial charge in [-0.15, -0.1) is 0 Å². The lowest BCUT2D eigenvalue weighted by molar-refractivity contribution is 0.544. The molecule has 0 saturated carbocycles. The van der Waals surface area contributed by atoms with E-state index in [-0.39, 0.29) is 0 Å². The first-order valence-electron chi connectivity index (χ1n) is 11.9. The molecular formula is C30H44. The van der Waals surface area contributed by atoms with Crippen LogP contribution in [0.2, 0.25) is 0 Å². The normalized spacial score (nSPS) is 12.0. The quantitative estimate of drug-likeness (QED) is 0.370. The maximum absolute atomic E-state index is 3.89. The predicted octanol–water partition coefficient (Wildman–Crippen LogP) is 9.32. The highest BCUT2D eigenvalue weighted by Crippen LogP contribution is 2.20. The van der Waals surface area contributed by atoms with Crippen molar-refractivity contribution in [1.29, 1.82) is 0 Å². The van der Waals surface area contributed by atoms with E-state index in [1.807, 2.05) is 6.08 Å². The minimum Gasteiger partial charge on any atom is -0.0985 e. The zero-order valence-electron chi connectivity index (χ0n) is 20.4. The Morgan fingerprint density at radius 1 is 0.833 bits per heavy atom. The van der Waals surface area contributed by atoms with Crippen molar-refractivity contribution in [2.75, 3.05) is 0 Å². The van der Waals surface area contributed by atoms with Gasteiger partial charge in [0.2, 0.25) is 0 Å². The number of hydrogen-bond acceptors (Lipinski definition) is 0. The summed E-state index contributed by atoms with van der Waals surface area (Å²) in [4.78, 5) is 0. The third-order valence-corrected chi connectivity index (χ3v) is 5.87. The van der Waals surface area contributed by atoms with Gasteiger partial charge in [-0.25, -0.2) is 0 Å². The lowest BCUT2D eigenvalue weighted by Crippen LogP contribution is -2.02. The molecule has 0 amide bonds. The molecule has 0 saturated heterocycles. The summed E-state index contributed by atoms with van der Waals surface area (Å²) in [5.74, 6) is 1.59. The first-order chi connectivity index (χ1) is 14.4. The highest BCUT2D eigenvalue weighted by Gasteiger charge is 2.07. The molecule has 0 heterocycles. The van der Waals surface area contributed by atoms with Crippen molar-refractivity contribution in [1.82, 2.24) is 0 Å². The second kappa shape index (κ2) is 14.8. The molecule has 2 aromatic carbocycles. The van der Waals surface area contributed by atoms with Crippen LogP contribution in [-0.2, 0) is 12.8 Å². The van der Waals surface area contributed by atoms with E-state index in [2.05, 4.69) is 103 Å². The van der Waals surface area contributed by atoms with Gasteiger partial charge >= 0.3 is 0 Å². The molecule has 0 bridgehead atoms. The standard InChI is InChI=1S/C24H30.C6H14/c1-5-8-23-18-21(6-2)15-16-24(23)17-20(4)9-7-10-22-13-11-19(3)12-14-22;1-4-6(3)5-2/h6-7,10-16,18,20H,2,5,8-9,17H2,1,3-4H3;6H,4-5H2,1-3H3/b10-7+;. The molecule has 0 fully saturated rings. The highest BCUT2D eigenvalue weighted by molar-refractivity contribution is 5.51. The number of hydrogen-bond donors (Lipinski definition) is 0. The van der Waals surface area contributed by atoms with Crippen LogP contribution < -0.4 is 0 Å². The summed E-state index contributed by atoms with van der Waals surface area (Å²) >= 11 is 0. The van der Waals surface area contributed by atoms with Gasteiger partial charge in [0.1, 0.15) is 0 Å². The van der Waals surface area contributed by atoms with E-state index in [9.17, 15) is 0 Å². The van der Waals surface area contributed by atoms with Crippen molar-refractivity contribution in [3.8, 4) is 0 Å². The number of benzene rings is 2. The molecule has 0 aliphatic heterocycles. The molecule has 0 N–H and O–H groups in total. The zero-order valence-corrected chi connectivity index (χ0v) is 20.4. The van der Waals surface area contributed by atoms with Gasteiger partial charge in [0, 0.05) is 0 Å². The summed E-state index contributed by atoms with van der Waals surface area (Å²) < 4.78 is 0. The van der Waals surface area contributed by atoms with E-state index in [0.717, 1.165) is 25.2 Å². The van der Waals surface area contributed by atoms with Crippen LogP contribution in [0.1, 0.15) is 88.1 Å². The largest absolute Gasteiger partial charge is 0.0985 e. The molecule has 2 aromatic rings. The van der Waals surface area contributed by atoms with E-state index >= 15 is 0 Å². The summed E-state index contributed by atoms with van der Waals surface area (Å²) in [6, 6.07) is 15.5.